The van der Waals surface area contributed by atoms with Crippen molar-refractivity contribution in [2.24, 2.45) is 0 Å². The molecule has 0 saturated carbocycles. The number of halogens is 3. The molecule has 0 unspecified atom stereocenters. The summed E-state index contributed by atoms with van der Waals surface area (Å²) in [5.74, 6) is 0. The lowest BCUT2D eigenvalue weighted by Gasteiger charge is -2.26. The van der Waals surface area contributed by atoms with Crippen LogP contribution in [-0.4, -0.2) is 31.1 Å². The summed E-state index contributed by atoms with van der Waals surface area (Å²) in [4.78, 5) is 2.39. The average Bonchev–Trinajstić information content (AvgIpc) is 2.52. The molecule has 1 aromatic heterocycles. The Kier molecular flexibility index (Phi) is 5.68. The van der Waals surface area contributed by atoms with Crippen LogP contribution in [-0.2, 0) is 6.54 Å². The first-order valence-electron chi connectivity index (χ1n) is 4.62. The summed E-state index contributed by atoms with van der Waals surface area (Å²) in [6, 6.07) is 0. The van der Waals surface area contributed by atoms with Crippen molar-refractivity contribution in [1.29, 1.82) is 0 Å². The highest BCUT2D eigenvalue weighted by Gasteiger charge is 2.14. The zero-order valence-corrected chi connectivity index (χ0v) is 11.3. The first-order chi connectivity index (χ1) is 6.77. The van der Waals surface area contributed by atoms with Gasteiger partial charge in [0.25, 0.3) is 0 Å². The number of rotatable bonds is 2. The molecule has 0 bridgehead atoms. The van der Waals surface area contributed by atoms with Crippen LogP contribution in [0.25, 0.3) is 0 Å². The zero-order valence-electron chi connectivity index (χ0n) is 8.13. The summed E-state index contributed by atoms with van der Waals surface area (Å²) in [7, 11) is 0. The van der Waals surface area contributed by atoms with Crippen LogP contribution in [0, 0.1) is 0 Å². The van der Waals surface area contributed by atoms with Crippen LogP contribution in [0.5, 0.6) is 0 Å². The Morgan fingerprint density at radius 1 is 1.33 bits per heavy atom. The van der Waals surface area contributed by atoms with Gasteiger partial charge in [0.05, 0.1) is 5.02 Å². The van der Waals surface area contributed by atoms with Gasteiger partial charge in [0, 0.05) is 32.7 Å². The Balaban J connectivity index is 0.00000112. The van der Waals surface area contributed by atoms with Gasteiger partial charge in [-0.05, 0) is 10.9 Å². The van der Waals surface area contributed by atoms with E-state index in [2.05, 4.69) is 10.2 Å². The maximum atomic E-state index is 6.06. The van der Waals surface area contributed by atoms with Gasteiger partial charge in [-0.2, -0.15) is 0 Å². The Hall–Kier alpha value is 0.490. The van der Waals surface area contributed by atoms with Crippen LogP contribution in [0.2, 0.25) is 9.36 Å². The molecule has 2 nitrogen and oxygen atoms in total. The molecule has 0 aliphatic carbocycles. The van der Waals surface area contributed by atoms with Gasteiger partial charge >= 0.3 is 0 Å². The molecule has 2 rings (SSSR count). The quantitative estimate of drug-likeness (QED) is 0.900. The highest BCUT2D eigenvalue weighted by atomic mass is 35.5. The number of nitrogens with one attached hydrogen (secondary N) is 1. The van der Waals surface area contributed by atoms with Crippen molar-refractivity contribution in [3.8, 4) is 0 Å². The Labute approximate surface area is 110 Å². The predicted molar refractivity (Wildman–Crippen MR) is 69.7 cm³/mol. The predicted octanol–water partition coefficient (Wildman–Crippen LogP) is 2.88. The molecule has 0 aromatic carbocycles. The fourth-order valence-electron chi connectivity index (χ4n) is 1.57. The van der Waals surface area contributed by atoms with Crippen molar-refractivity contribution in [3.05, 3.63) is 20.3 Å². The smallest absolute Gasteiger partial charge is 0.112 e. The summed E-state index contributed by atoms with van der Waals surface area (Å²) in [5, 5.41) is 6.10. The Morgan fingerprint density at radius 3 is 2.53 bits per heavy atom. The van der Waals surface area contributed by atoms with Crippen LogP contribution >= 0.6 is 46.9 Å². The molecular weight excluding hydrogens is 275 g/mol. The van der Waals surface area contributed by atoms with E-state index in [-0.39, 0.29) is 12.4 Å². The summed E-state index contributed by atoms with van der Waals surface area (Å²) >= 11 is 13.5. The molecule has 2 heterocycles. The third kappa shape index (κ3) is 3.48. The minimum atomic E-state index is 0. The molecule has 0 radical (unpaired) electrons. The topological polar surface area (TPSA) is 15.3 Å². The fourth-order valence-corrected chi connectivity index (χ4v) is 2.81. The van der Waals surface area contributed by atoms with E-state index in [1.54, 1.807) is 0 Å². The molecule has 1 saturated heterocycles. The van der Waals surface area contributed by atoms with Crippen LogP contribution in [0.4, 0.5) is 0 Å². The van der Waals surface area contributed by atoms with E-state index >= 15 is 0 Å². The lowest BCUT2D eigenvalue weighted by molar-refractivity contribution is 0.233. The van der Waals surface area contributed by atoms with Crippen molar-refractivity contribution >= 4 is 46.9 Å². The van der Waals surface area contributed by atoms with E-state index in [4.69, 9.17) is 23.2 Å². The van der Waals surface area contributed by atoms with Crippen molar-refractivity contribution in [2.45, 2.75) is 6.54 Å². The van der Waals surface area contributed by atoms with Crippen LogP contribution in [0.15, 0.2) is 5.38 Å². The van der Waals surface area contributed by atoms with E-state index < -0.39 is 0 Å². The monoisotopic (exact) mass is 286 g/mol. The Morgan fingerprint density at radius 2 is 2.00 bits per heavy atom. The van der Waals surface area contributed by atoms with Crippen LogP contribution in [0.3, 0.4) is 0 Å². The molecule has 0 spiro atoms. The van der Waals surface area contributed by atoms with Gasteiger partial charge < -0.3 is 5.32 Å². The van der Waals surface area contributed by atoms with Crippen LogP contribution < -0.4 is 5.32 Å². The molecule has 6 heteroatoms. The molecule has 1 aliphatic rings. The van der Waals surface area contributed by atoms with Gasteiger partial charge in [-0.15, -0.1) is 23.7 Å². The van der Waals surface area contributed by atoms with E-state index in [1.807, 2.05) is 5.38 Å². The van der Waals surface area contributed by atoms with Gasteiger partial charge in [0.2, 0.25) is 0 Å². The third-order valence-electron chi connectivity index (χ3n) is 2.36. The molecule has 1 aromatic rings. The maximum absolute atomic E-state index is 6.06. The standard InChI is InChI=1S/C9H12Cl2N2S.ClH/c10-8-7(6-14-9(8)11)5-13-3-1-12-2-4-13;/h6,12H,1-5H2;1H. The molecule has 1 N–H and O–H groups in total. The first kappa shape index (κ1) is 13.6. The number of nitrogens with zero attached hydrogens (tertiary/aromatic N) is 1. The molecule has 0 amide bonds. The first-order valence-corrected chi connectivity index (χ1v) is 6.25. The van der Waals surface area contributed by atoms with Crippen LogP contribution in [0.1, 0.15) is 5.56 Å². The highest BCUT2D eigenvalue weighted by molar-refractivity contribution is 7.15. The largest absolute Gasteiger partial charge is 0.314 e. The van der Waals surface area contributed by atoms with E-state index in [9.17, 15) is 0 Å². The summed E-state index contributed by atoms with van der Waals surface area (Å²) in [6.45, 7) is 5.22. The molecular formula is C9H13Cl3N2S. The normalized spacial score (nSPS) is 17.5. The van der Waals surface area contributed by atoms with Crippen molar-refractivity contribution in [3.63, 3.8) is 0 Å². The number of hydrogen-bond donors (Lipinski definition) is 1. The third-order valence-corrected chi connectivity index (χ3v) is 4.27. The van der Waals surface area contributed by atoms with Crippen molar-refractivity contribution in [1.82, 2.24) is 10.2 Å². The van der Waals surface area contributed by atoms with Gasteiger partial charge in [-0.25, -0.2) is 0 Å². The van der Waals surface area contributed by atoms with Gasteiger partial charge in [0.1, 0.15) is 4.34 Å². The van der Waals surface area contributed by atoms with E-state index in [0.29, 0.717) is 4.34 Å². The summed E-state index contributed by atoms with van der Waals surface area (Å²) in [5.41, 5.74) is 1.16. The number of piperazine rings is 1. The lowest BCUT2D eigenvalue weighted by Crippen LogP contribution is -2.42. The van der Waals surface area contributed by atoms with Crippen molar-refractivity contribution in [2.75, 3.05) is 26.2 Å². The SMILES string of the molecule is Cl.Clc1scc(CN2CCNCC2)c1Cl. The number of thiophene rings is 1. The highest BCUT2D eigenvalue weighted by Crippen LogP contribution is 2.32. The second-order valence-electron chi connectivity index (χ2n) is 3.37. The summed E-state index contributed by atoms with van der Waals surface area (Å²) < 4.78 is 0.705. The van der Waals surface area contributed by atoms with E-state index in [0.717, 1.165) is 43.3 Å². The second-order valence-corrected chi connectivity index (χ2v) is 5.23. The second kappa shape index (κ2) is 6.28. The summed E-state index contributed by atoms with van der Waals surface area (Å²) in [6.07, 6.45) is 0. The minimum absolute atomic E-state index is 0. The molecule has 1 aliphatic heterocycles. The van der Waals surface area contributed by atoms with Gasteiger partial charge in [-0.1, -0.05) is 23.2 Å². The lowest BCUT2D eigenvalue weighted by atomic mass is 10.3. The molecule has 1 fully saturated rings. The van der Waals surface area contributed by atoms with Gasteiger partial charge in [-0.3, -0.25) is 4.90 Å². The average molecular weight is 288 g/mol. The van der Waals surface area contributed by atoms with Crippen molar-refractivity contribution < 1.29 is 0 Å². The zero-order chi connectivity index (χ0) is 9.97. The fraction of sp³-hybridized carbons (Fsp3) is 0.556. The maximum Gasteiger partial charge on any atom is 0.112 e. The molecule has 0 atom stereocenters. The molecule has 15 heavy (non-hydrogen) atoms. The van der Waals surface area contributed by atoms with E-state index in [1.165, 1.54) is 11.3 Å². The van der Waals surface area contributed by atoms with Gasteiger partial charge in [0.15, 0.2) is 0 Å². The number of hydrogen-bond acceptors (Lipinski definition) is 3. The molecule has 86 valence electrons. The minimum Gasteiger partial charge on any atom is -0.314 e. The Bertz CT molecular complexity index is 310.